The van der Waals surface area contributed by atoms with Crippen LogP contribution in [0.5, 0.6) is 11.5 Å². The molecule has 0 fully saturated rings. The molecular weight excluding hydrogens is 443 g/mol. The van der Waals surface area contributed by atoms with E-state index in [1.807, 2.05) is 31.2 Å². The van der Waals surface area contributed by atoms with Crippen molar-refractivity contribution in [3.63, 3.8) is 0 Å². The van der Waals surface area contributed by atoms with Crippen molar-refractivity contribution < 1.29 is 18.7 Å². The van der Waals surface area contributed by atoms with Crippen LogP contribution in [0, 0.1) is 17.1 Å². The molecule has 4 aromatic rings. The number of para-hydroxylation sites is 1. The van der Waals surface area contributed by atoms with Gasteiger partial charge in [0.15, 0.2) is 11.5 Å². The number of hydrogen-bond acceptors (Lipinski definition) is 4. The molecule has 35 heavy (non-hydrogen) atoms. The number of nitriles is 1. The van der Waals surface area contributed by atoms with E-state index < -0.39 is 11.7 Å². The fraction of sp³-hybridized carbons (Fsp3) is 0.103. The third-order valence-corrected chi connectivity index (χ3v) is 5.27. The monoisotopic (exact) mass is 466 g/mol. The third kappa shape index (κ3) is 5.84. The first-order valence-electron chi connectivity index (χ1n) is 11.1. The number of ether oxygens (including phenoxy) is 2. The lowest BCUT2D eigenvalue weighted by Gasteiger charge is -2.13. The van der Waals surface area contributed by atoms with Crippen LogP contribution in [0.25, 0.3) is 16.8 Å². The molecule has 0 bridgehead atoms. The predicted molar refractivity (Wildman–Crippen MR) is 135 cm³/mol. The van der Waals surface area contributed by atoms with Crippen molar-refractivity contribution in [2.24, 2.45) is 0 Å². The van der Waals surface area contributed by atoms with Gasteiger partial charge in [-0.2, -0.15) is 5.26 Å². The summed E-state index contributed by atoms with van der Waals surface area (Å²) in [7, 11) is 0. The third-order valence-electron chi connectivity index (χ3n) is 5.27. The van der Waals surface area contributed by atoms with Gasteiger partial charge in [-0.05, 0) is 65.2 Å². The van der Waals surface area contributed by atoms with Crippen molar-refractivity contribution in [3.8, 4) is 17.6 Å². The molecular formula is C29H23FN2O3. The quantitative estimate of drug-likeness (QED) is 0.238. The summed E-state index contributed by atoms with van der Waals surface area (Å²) in [5.41, 5.74) is 1.44. The number of amides is 1. The van der Waals surface area contributed by atoms with Crippen LogP contribution in [-0.4, -0.2) is 12.5 Å². The number of anilines is 1. The van der Waals surface area contributed by atoms with Gasteiger partial charge in [-0.25, -0.2) is 4.39 Å². The molecule has 174 valence electrons. The normalized spacial score (nSPS) is 11.1. The lowest BCUT2D eigenvalue weighted by molar-refractivity contribution is -0.112. The lowest BCUT2D eigenvalue weighted by atomic mass is 10.1. The number of nitrogens with one attached hydrogen (secondary N) is 1. The fourth-order valence-corrected chi connectivity index (χ4v) is 3.56. The Hall–Kier alpha value is -4.63. The lowest BCUT2D eigenvalue weighted by Crippen LogP contribution is -2.14. The Labute approximate surface area is 203 Å². The van der Waals surface area contributed by atoms with Crippen molar-refractivity contribution in [2.75, 3.05) is 11.9 Å². The highest BCUT2D eigenvalue weighted by atomic mass is 19.1. The minimum atomic E-state index is -0.702. The highest BCUT2D eigenvalue weighted by molar-refractivity contribution is 6.09. The van der Waals surface area contributed by atoms with E-state index in [0.717, 1.165) is 16.3 Å². The Bertz CT molecular complexity index is 1440. The molecule has 0 aliphatic rings. The Morgan fingerprint density at radius 1 is 0.943 bits per heavy atom. The molecule has 4 aromatic carbocycles. The maximum absolute atomic E-state index is 13.9. The fourth-order valence-electron chi connectivity index (χ4n) is 3.56. The molecule has 0 spiro atoms. The average Bonchev–Trinajstić information content (AvgIpc) is 2.88. The van der Waals surface area contributed by atoms with E-state index in [0.29, 0.717) is 30.3 Å². The van der Waals surface area contributed by atoms with Gasteiger partial charge in [-0.1, -0.05) is 54.6 Å². The van der Waals surface area contributed by atoms with Gasteiger partial charge >= 0.3 is 0 Å². The Kier molecular flexibility index (Phi) is 7.39. The summed E-state index contributed by atoms with van der Waals surface area (Å²) in [6.45, 7) is 2.63. The number of nitrogens with zero attached hydrogens (tertiary/aromatic N) is 1. The van der Waals surface area contributed by atoms with Gasteiger partial charge in [0.25, 0.3) is 5.91 Å². The van der Waals surface area contributed by atoms with Crippen LogP contribution < -0.4 is 14.8 Å². The molecule has 0 radical (unpaired) electrons. The van der Waals surface area contributed by atoms with Crippen molar-refractivity contribution in [3.05, 3.63) is 107 Å². The maximum atomic E-state index is 13.9. The van der Waals surface area contributed by atoms with Gasteiger partial charge in [0.1, 0.15) is 24.1 Å². The molecule has 0 saturated heterocycles. The number of carbonyl (C=O) groups is 1. The summed E-state index contributed by atoms with van der Waals surface area (Å²) in [5.74, 6) is -0.239. The van der Waals surface area contributed by atoms with Gasteiger partial charge in [0, 0.05) is 0 Å². The van der Waals surface area contributed by atoms with Crippen LogP contribution in [0.1, 0.15) is 18.1 Å². The van der Waals surface area contributed by atoms with E-state index in [1.54, 1.807) is 24.3 Å². The zero-order chi connectivity index (χ0) is 24.6. The summed E-state index contributed by atoms with van der Waals surface area (Å²) in [6, 6.07) is 27.1. The second-order valence-electron chi connectivity index (χ2n) is 7.71. The smallest absolute Gasteiger partial charge is 0.266 e. The van der Waals surface area contributed by atoms with E-state index in [9.17, 15) is 14.4 Å². The molecule has 4 rings (SSSR count). The van der Waals surface area contributed by atoms with Crippen molar-refractivity contribution in [1.82, 2.24) is 0 Å². The molecule has 0 atom stereocenters. The van der Waals surface area contributed by atoms with E-state index in [1.165, 1.54) is 24.3 Å². The first-order valence-corrected chi connectivity index (χ1v) is 11.1. The highest BCUT2D eigenvalue weighted by Crippen LogP contribution is 2.30. The zero-order valence-electron chi connectivity index (χ0n) is 19.1. The van der Waals surface area contributed by atoms with Crippen molar-refractivity contribution >= 4 is 28.4 Å². The molecule has 6 heteroatoms. The summed E-state index contributed by atoms with van der Waals surface area (Å²) in [4.78, 5) is 12.5. The Balaban J connectivity index is 1.52. The van der Waals surface area contributed by atoms with Gasteiger partial charge < -0.3 is 14.8 Å². The minimum Gasteiger partial charge on any atom is -0.490 e. The molecule has 1 N–H and O–H groups in total. The van der Waals surface area contributed by atoms with Crippen LogP contribution in [0.15, 0.2) is 90.5 Å². The Morgan fingerprint density at radius 3 is 2.49 bits per heavy atom. The van der Waals surface area contributed by atoms with Gasteiger partial charge in [-0.3, -0.25) is 4.79 Å². The second kappa shape index (κ2) is 11.0. The van der Waals surface area contributed by atoms with E-state index in [-0.39, 0.29) is 11.3 Å². The highest BCUT2D eigenvalue weighted by Gasteiger charge is 2.13. The molecule has 1 amide bonds. The molecule has 0 heterocycles. The van der Waals surface area contributed by atoms with Crippen LogP contribution >= 0.6 is 0 Å². The summed E-state index contributed by atoms with van der Waals surface area (Å²) in [5, 5.41) is 14.2. The molecule has 0 aliphatic carbocycles. The standard InChI is InChI=1S/C29H23FN2O3/c1-2-34-28-17-20(15-24(18-31)29(33)32-26-10-6-5-9-25(26)30)12-14-27(28)35-19-21-11-13-22-7-3-4-8-23(22)16-21/h3-17H,2,19H2,1H3,(H,32,33)/b24-15-. The largest absolute Gasteiger partial charge is 0.490 e. The SMILES string of the molecule is CCOc1cc(/C=C(/C#N)C(=O)Nc2ccccc2F)ccc1OCc1ccc2ccccc2c1. The van der Waals surface area contributed by atoms with Crippen molar-refractivity contribution in [2.45, 2.75) is 13.5 Å². The number of benzene rings is 4. The molecule has 0 saturated carbocycles. The van der Waals surface area contributed by atoms with Gasteiger partial charge in [0.05, 0.1) is 12.3 Å². The molecule has 0 unspecified atom stereocenters. The molecule has 5 nitrogen and oxygen atoms in total. The number of fused-ring (bicyclic) bond motifs is 1. The van der Waals surface area contributed by atoms with E-state index in [2.05, 4.69) is 29.6 Å². The number of rotatable bonds is 8. The maximum Gasteiger partial charge on any atom is 0.266 e. The zero-order valence-corrected chi connectivity index (χ0v) is 19.1. The van der Waals surface area contributed by atoms with E-state index in [4.69, 9.17) is 9.47 Å². The molecule has 0 aromatic heterocycles. The van der Waals surface area contributed by atoms with Crippen LogP contribution in [-0.2, 0) is 11.4 Å². The van der Waals surface area contributed by atoms with Gasteiger partial charge in [0.2, 0.25) is 0 Å². The van der Waals surface area contributed by atoms with E-state index >= 15 is 0 Å². The minimum absolute atomic E-state index is 0.00564. The van der Waals surface area contributed by atoms with Crippen LogP contribution in [0.3, 0.4) is 0 Å². The topological polar surface area (TPSA) is 71.3 Å². The molecule has 0 aliphatic heterocycles. The van der Waals surface area contributed by atoms with Crippen LogP contribution in [0.4, 0.5) is 10.1 Å². The number of halogens is 1. The average molecular weight is 467 g/mol. The Morgan fingerprint density at radius 2 is 1.71 bits per heavy atom. The van der Waals surface area contributed by atoms with Gasteiger partial charge in [-0.15, -0.1) is 0 Å². The van der Waals surface area contributed by atoms with Crippen molar-refractivity contribution in [1.29, 1.82) is 5.26 Å². The number of carbonyl (C=O) groups excluding carboxylic acids is 1. The second-order valence-corrected chi connectivity index (χ2v) is 7.71. The summed E-state index contributed by atoms with van der Waals surface area (Å²) >= 11 is 0. The number of hydrogen-bond donors (Lipinski definition) is 1. The predicted octanol–water partition coefficient (Wildman–Crippen LogP) is 6.50. The summed E-state index contributed by atoms with van der Waals surface area (Å²) in [6.07, 6.45) is 1.42. The first kappa shape index (κ1) is 23.5. The first-order chi connectivity index (χ1) is 17.1. The van der Waals surface area contributed by atoms with Crippen LogP contribution in [0.2, 0.25) is 0 Å². The summed E-state index contributed by atoms with van der Waals surface area (Å²) < 4.78 is 25.6.